The molecule has 1 N–H and O–H groups in total. The molecular weight excluding hydrogens is 324 g/mol. The van der Waals surface area contributed by atoms with Crippen molar-refractivity contribution in [3.05, 3.63) is 57.0 Å². The Hall–Kier alpha value is -2.96. The van der Waals surface area contributed by atoms with Crippen molar-refractivity contribution in [1.82, 2.24) is 0 Å². The van der Waals surface area contributed by atoms with E-state index in [-0.39, 0.29) is 22.6 Å². The predicted octanol–water partition coefficient (Wildman–Crippen LogP) is 3.90. The van der Waals surface area contributed by atoms with Gasteiger partial charge in [-0.15, -0.1) is 0 Å². The van der Waals surface area contributed by atoms with Gasteiger partial charge in [0.25, 0.3) is 11.6 Å². The Bertz CT molecular complexity index is 895. The zero-order valence-corrected chi connectivity index (χ0v) is 14.2. The second-order valence-electron chi connectivity index (χ2n) is 7.06. The quantitative estimate of drug-likeness (QED) is 0.673. The van der Waals surface area contributed by atoms with Gasteiger partial charge in [-0.25, -0.2) is 0 Å². The Morgan fingerprint density at radius 3 is 2.72 bits per heavy atom. The van der Waals surface area contributed by atoms with Crippen LogP contribution < -0.4 is 5.32 Å². The van der Waals surface area contributed by atoms with E-state index >= 15 is 0 Å². The van der Waals surface area contributed by atoms with Gasteiger partial charge in [0.2, 0.25) is 0 Å². The van der Waals surface area contributed by atoms with Gasteiger partial charge in [-0.3, -0.25) is 19.7 Å². The number of rotatable bonds is 3. The molecule has 0 bridgehead atoms. The van der Waals surface area contributed by atoms with Gasteiger partial charge in [-0.1, -0.05) is 19.9 Å². The van der Waals surface area contributed by atoms with Crippen molar-refractivity contribution in [2.45, 2.75) is 33.6 Å². The van der Waals surface area contributed by atoms with Crippen molar-refractivity contribution in [2.75, 3.05) is 5.32 Å². The molecule has 1 aromatic carbocycles. The number of non-ortho nitro benzene ring substituents is 1. The molecular formula is C18H18N2O5. The lowest BCUT2D eigenvalue weighted by Crippen LogP contribution is -2.26. The van der Waals surface area contributed by atoms with Crippen LogP contribution in [0.25, 0.3) is 0 Å². The van der Waals surface area contributed by atoms with Gasteiger partial charge in [-0.2, -0.15) is 0 Å². The van der Waals surface area contributed by atoms with Crippen LogP contribution >= 0.6 is 0 Å². The summed E-state index contributed by atoms with van der Waals surface area (Å²) >= 11 is 0. The summed E-state index contributed by atoms with van der Waals surface area (Å²) in [5, 5.41) is 13.4. The molecule has 2 aromatic rings. The van der Waals surface area contributed by atoms with E-state index in [0.29, 0.717) is 35.4 Å². The molecule has 25 heavy (non-hydrogen) atoms. The van der Waals surface area contributed by atoms with Crippen LogP contribution in [0.5, 0.6) is 0 Å². The molecule has 1 aliphatic rings. The first-order valence-corrected chi connectivity index (χ1v) is 7.89. The third kappa shape index (κ3) is 3.17. The van der Waals surface area contributed by atoms with E-state index in [1.54, 1.807) is 13.0 Å². The number of benzene rings is 1. The van der Waals surface area contributed by atoms with E-state index in [1.165, 1.54) is 18.2 Å². The maximum Gasteiger partial charge on any atom is 0.291 e. The number of nitrogens with one attached hydrogen (secondary N) is 1. The van der Waals surface area contributed by atoms with Crippen LogP contribution in [0.4, 0.5) is 11.4 Å². The van der Waals surface area contributed by atoms with Gasteiger partial charge in [0.15, 0.2) is 11.5 Å². The Morgan fingerprint density at radius 1 is 1.32 bits per heavy atom. The van der Waals surface area contributed by atoms with Gasteiger partial charge in [0.1, 0.15) is 5.76 Å². The highest BCUT2D eigenvalue weighted by Crippen LogP contribution is 2.38. The van der Waals surface area contributed by atoms with Crippen molar-refractivity contribution >= 4 is 23.1 Å². The first kappa shape index (κ1) is 16.9. The summed E-state index contributed by atoms with van der Waals surface area (Å²) in [6.07, 6.45) is 0.991. The molecule has 1 aromatic heterocycles. The first-order valence-electron chi connectivity index (χ1n) is 7.89. The molecule has 0 unspecified atom stereocenters. The van der Waals surface area contributed by atoms with Crippen LogP contribution in [0.3, 0.4) is 0 Å². The normalized spacial score (nSPS) is 15.6. The standard InChI is InChI=1S/C18H18N2O5/c1-10-15-13(21)8-18(2,3)9-14(15)25-16(10)17(22)19-11-5-4-6-12(7-11)20(23)24/h4-7H,8-9H2,1-3H3,(H,19,22). The fourth-order valence-corrected chi connectivity index (χ4v) is 3.18. The minimum atomic E-state index is -0.534. The summed E-state index contributed by atoms with van der Waals surface area (Å²) < 4.78 is 5.69. The molecule has 1 heterocycles. The molecule has 130 valence electrons. The van der Waals surface area contributed by atoms with Crippen LogP contribution in [-0.2, 0) is 6.42 Å². The highest BCUT2D eigenvalue weighted by molar-refractivity contribution is 6.07. The molecule has 1 amide bonds. The highest BCUT2D eigenvalue weighted by Gasteiger charge is 2.37. The molecule has 0 saturated carbocycles. The van der Waals surface area contributed by atoms with Gasteiger partial charge in [0, 0.05) is 36.2 Å². The topological polar surface area (TPSA) is 102 Å². The number of anilines is 1. The molecule has 0 atom stereocenters. The lowest BCUT2D eigenvalue weighted by Gasteiger charge is -2.27. The van der Waals surface area contributed by atoms with Gasteiger partial charge in [0.05, 0.1) is 10.5 Å². The van der Waals surface area contributed by atoms with E-state index in [4.69, 9.17) is 4.42 Å². The minimum absolute atomic E-state index is 0.0260. The number of nitro benzene ring substituents is 1. The Kier molecular flexibility index (Phi) is 3.94. The number of furan rings is 1. The summed E-state index contributed by atoms with van der Waals surface area (Å²) in [4.78, 5) is 35.2. The fourth-order valence-electron chi connectivity index (χ4n) is 3.18. The van der Waals surface area contributed by atoms with E-state index in [1.807, 2.05) is 13.8 Å². The summed E-state index contributed by atoms with van der Waals surface area (Å²) in [5.41, 5.74) is 0.967. The molecule has 0 spiro atoms. The minimum Gasteiger partial charge on any atom is -0.455 e. The maximum atomic E-state index is 12.5. The maximum absolute atomic E-state index is 12.5. The van der Waals surface area contributed by atoms with Crippen LogP contribution in [0.1, 0.15) is 52.5 Å². The number of hydrogen-bond donors (Lipinski definition) is 1. The third-order valence-corrected chi connectivity index (χ3v) is 4.30. The number of hydrogen-bond acceptors (Lipinski definition) is 5. The number of carbonyl (C=O) groups is 2. The third-order valence-electron chi connectivity index (χ3n) is 4.30. The molecule has 0 radical (unpaired) electrons. The fraction of sp³-hybridized carbons (Fsp3) is 0.333. The smallest absolute Gasteiger partial charge is 0.291 e. The molecule has 3 rings (SSSR count). The van der Waals surface area contributed by atoms with Gasteiger partial charge < -0.3 is 9.73 Å². The number of nitro groups is 1. The van der Waals surface area contributed by atoms with Crippen LogP contribution in [0.15, 0.2) is 28.7 Å². The average molecular weight is 342 g/mol. The van der Waals surface area contributed by atoms with Crippen LogP contribution in [0.2, 0.25) is 0 Å². The number of Topliss-reactive ketones (excluding diaryl/α,β-unsaturated/α-hetero) is 1. The van der Waals surface area contributed by atoms with E-state index in [9.17, 15) is 19.7 Å². The molecule has 7 nitrogen and oxygen atoms in total. The molecule has 1 aliphatic carbocycles. The number of nitrogens with zero attached hydrogens (tertiary/aromatic N) is 1. The Labute approximate surface area is 144 Å². The van der Waals surface area contributed by atoms with E-state index in [0.717, 1.165) is 0 Å². The molecule has 0 aliphatic heterocycles. The number of ketones is 1. The second kappa shape index (κ2) is 5.84. The summed E-state index contributed by atoms with van der Waals surface area (Å²) in [7, 11) is 0. The Balaban J connectivity index is 1.90. The zero-order chi connectivity index (χ0) is 18.4. The summed E-state index contributed by atoms with van der Waals surface area (Å²) in [6.45, 7) is 5.64. The average Bonchev–Trinajstić information content (AvgIpc) is 2.83. The van der Waals surface area contributed by atoms with Crippen LogP contribution in [-0.4, -0.2) is 16.6 Å². The molecule has 0 fully saturated rings. The Morgan fingerprint density at radius 2 is 2.04 bits per heavy atom. The van der Waals surface area contributed by atoms with Gasteiger partial charge in [-0.05, 0) is 18.4 Å². The SMILES string of the molecule is Cc1c(C(=O)Nc2cccc([N+](=O)[O-])c2)oc2c1C(=O)CC(C)(C)C2. The lowest BCUT2D eigenvalue weighted by molar-refractivity contribution is -0.384. The summed E-state index contributed by atoms with van der Waals surface area (Å²) in [6, 6.07) is 5.65. The monoisotopic (exact) mass is 342 g/mol. The second-order valence-corrected chi connectivity index (χ2v) is 7.06. The predicted molar refractivity (Wildman–Crippen MR) is 90.9 cm³/mol. The van der Waals surface area contributed by atoms with Gasteiger partial charge >= 0.3 is 0 Å². The number of carbonyl (C=O) groups excluding carboxylic acids is 2. The van der Waals surface area contributed by atoms with E-state index < -0.39 is 10.8 Å². The first-order chi connectivity index (χ1) is 11.7. The number of fused-ring (bicyclic) bond motifs is 1. The van der Waals surface area contributed by atoms with Crippen molar-refractivity contribution < 1.29 is 18.9 Å². The van der Waals surface area contributed by atoms with Crippen molar-refractivity contribution in [3.63, 3.8) is 0 Å². The lowest BCUT2D eigenvalue weighted by atomic mass is 9.76. The molecule has 0 saturated heterocycles. The number of amides is 1. The summed E-state index contributed by atoms with van der Waals surface area (Å²) in [5.74, 6) is 0.0467. The van der Waals surface area contributed by atoms with Crippen molar-refractivity contribution in [2.24, 2.45) is 5.41 Å². The highest BCUT2D eigenvalue weighted by atomic mass is 16.6. The van der Waals surface area contributed by atoms with Crippen molar-refractivity contribution in [3.8, 4) is 0 Å². The van der Waals surface area contributed by atoms with E-state index in [2.05, 4.69) is 5.32 Å². The zero-order valence-electron chi connectivity index (χ0n) is 14.2. The molecule has 7 heteroatoms. The van der Waals surface area contributed by atoms with Crippen LogP contribution in [0, 0.1) is 22.5 Å². The largest absolute Gasteiger partial charge is 0.455 e. The van der Waals surface area contributed by atoms with Crippen molar-refractivity contribution in [1.29, 1.82) is 0 Å².